The predicted octanol–water partition coefficient (Wildman–Crippen LogP) is 3.36. The van der Waals surface area contributed by atoms with Gasteiger partial charge in [0.25, 0.3) is 5.91 Å². The van der Waals surface area contributed by atoms with E-state index in [9.17, 15) is 4.79 Å². The molecule has 0 radical (unpaired) electrons. The van der Waals surface area contributed by atoms with Crippen molar-refractivity contribution in [1.29, 1.82) is 0 Å². The van der Waals surface area contributed by atoms with E-state index in [0.29, 0.717) is 29.2 Å². The summed E-state index contributed by atoms with van der Waals surface area (Å²) in [6.45, 7) is 1.96. The van der Waals surface area contributed by atoms with E-state index in [4.69, 9.17) is 9.47 Å². The number of carbonyl (C=O) groups excluding carboxylic acids is 1. The van der Waals surface area contributed by atoms with Gasteiger partial charge in [-0.1, -0.05) is 24.3 Å². The normalized spacial score (nSPS) is 13.9. The molecule has 0 atom stereocenters. The molecule has 1 aliphatic carbocycles. The average molecular weight is 285 g/mol. The SMILES string of the molecule is COC1=C(C(=O)Nc2cc(C)ccc2OC)CC=CC=C1. The van der Waals surface area contributed by atoms with Crippen molar-refractivity contribution in [3.05, 3.63) is 59.4 Å². The molecule has 1 aromatic rings. The molecule has 1 amide bonds. The smallest absolute Gasteiger partial charge is 0.255 e. The van der Waals surface area contributed by atoms with E-state index >= 15 is 0 Å². The van der Waals surface area contributed by atoms with E-state index in [-0.39, 0.29) is 5.91 Å². The average Bonchev–Trinajstić information content (AvgIpc) is 2.72. The minimum atomic E-state index is -0.188. The van der Waals surface area contributed by atoms with Crippen LogP contribution in [-0.2, 0) is 9.53 Å². The predicted molar refractivity (Wildman–Crippen MR) is 83.3 cm³/mol. The summed E-state index contributed by atoms with van der Waals surface area (Å²) < 4.78 is 10.6. The number of anilines is 1. The second-order valence-corrected chi connectivity index (χ2v) is 4.70. The second-order valence-electron chi connectivity index (χ2n) is 4.70. The van der Waals surface area contributed by atoms with Crippen molar-refractivity contribution in [2.24, 2.45) is 0 Å². The van der Waals surface area contributed by atoms with Crippen molar-refractivity contribution in [2.75, 3.05) is 19.5 Å². The fourth-order valence-corrected chi connectivity index (χ4v) is 2.12. The van der Waals surface area contributed by atoms with Gasteiger partial charge in [-0.15, -0.1) is 0 Å². The Morgan fingerprint density at radius 1 is 1.19 bits per heavy atom. The minimum Gasteiger partial charge on any atom is -0.496 e. The van der Waals surface area contributed by atoms with Gasteiger partial charge >= 0.3 is 0 Å². The van der Waals surface area contributed by atoms with Crippen LogP contribution in [0.15, 0.2) is 53.8 Å². The van der Waals surface area contributed by atoms with E-state index in [1.54, 1.807) is 20.3 Å². The Hall–Kier alpha value is -2.49. The Bertz CT molecular complexity index is 627. The molecule has 4 nitrogen and oxygen atoms in total. The third-order valence-electron chi connectivity index (χ3n) is 3.21. The van der Waals surface area contributed by atoms with Gasteiger partial charge in [0.2, 0.25) is 0 Å². The Morgan fingerprint density at radius 3 is 2.71 bits per heavy atom. The van der Waals surface area contributed by atoms with Gasteiger partial charge in [0, 0.05) is 0 Å². The van der Waals surface area contributed by atoms with Crippen LogP contribution in [0.5, 0.6) is 5.75 Å². The Kier molecular flexibility index (Phi) is 4.82. The molecule has 0 bridgehead atoms. The summed E-state index contributed by atoms with van der Waals surface area (Å²) in [5.41, 5.74) is 2.29. The molecule has 0 spiro atoms. The molecule has 1 aliphatic rings. The fourth-order valence-electron chi connectivity index (χ4n) is 2.12. The lowest BCUT2D eigenvalue weighted by Gasteiger charge is -2.13. The second kappa shape index (κ2) is 6.79. The number of rotatable bonds is 4. The Balaban J connectivity index is 2.29. The molecule has 0 fully saturated rings. The van der Waals surface area contributed by atoms with E-state index in [1.807, 2.05) is 43.4 Å². The van der Waals surface area contributed by atoms with Crippen LogP contribution in [0.4, 0.5) is 5.69 Å². The molecule has 0 saturated carbocycles. The lowest BCUT2D eigenvalue weighted by atomic mass is 10.1. The molecule has 0 saturated heterocycles. The van der Waals surface area contributed by atoms with Gasteiger partial charge < -0.3 is 14.8 Å². The summed E-state index contributed by atoms with van der Waals surface area (Å²) in [7, 11) is 3.14. The van der Waals surface area contributed by atoms with Crippen LogP contribution in [0.1, 0.15) is 12.0 Å². The lowest BCUT2D eigenvalue weighted by molar-refractivity contribution is -0.113. The van der Waals surface area contributed by atoms with Gasteiger partial charge in [-0.05, 0) is 37.1 Å². The summed E-state index contributed by atoms with van der Waals surface area (Å²) in [5.74, 6) is 1.02. The molecule has 0 heterocycles. The fraction of sp³-hybridized carbons (Fsp3) is 0.235. The highest BCUT2D eigenvalue weighted by molar-refractivity contribution is 6.05. The van der Waals surface area contributed by atoms with Crippen molar-refractivity contribution in [3.63, 3.8) is 0 Å². The summed E-state index contributed by atoms with van der Waals surface area (Å²) in [4.78, 5) is 12.5. The first kappa shape index (κ1) is 14.9. The number of aryl methyl sites for hydroxylation is 1. The first-order chi connectivity index (χ1) is 10.2. The van der Waals surface area contributed by atoms with Crippen molar-refractivity contribution in [2.45, 2.75) is 13.3 Å². The number of benzene rings is 1. The van der Waals surface area contributed by atoms with Gasteiger partial charge in [-0.25, -0.2) is 0 Å². The Labute approximate surface area is 124 Å². The molecular formula is C17H19NO3. The molecule has 2 rings (SSSR count). The quantitative estimate of drug-likeness (QED) is 0.922. The first-order valence-electron chi connectivity index (χ1n) is 6.72. The number of carbonyl (C=O) groups is 1. The summed E-state index contributed by atoms with van der Waals surface area (Å²) in [6, 6.07) is 5.65. The van der Waals surface area contributed by atoms with Gasteiger partial charge in [-0.2, -0.15) is 0 Å². The third-order valence-corrected chi connectivity index (χ3v) is 3.21. The number of hydrogen-bond donors (Lipinski definition) is 1. The highest BCUT2D eigenvalue weighted by Crippen LogP contribution is 2.26. The largest absolute Gasteiger partial charge is 0.496 e. The number of ether oxygens (including phenoxy) is 2. The van der Waals surface area contributed by atoms with Gasteiger partial charge in [0.1, 0.15) is 11.5 Å². The monoisotopic (exact) mass is 285 g/mol. The van der Waals surface area contributed by atoms with Gasteiger partial charge in [-0.3, -0.25) is 4.79 Å². The number of methoxy groups -OCH3 is 2. The van der Waals surface area contributed by atoms with Crippen molar-refractivity contribution in [3.8, 4) is 5.75 Å². The maximum absolute atomic E-state index is 12.5. The highest BCUT2D eigenvalue weighted by Gasteiger charge is 2.16. The number of nitrogens with one attached hydrogen (secondary N) is 1. The zero-order valence-corrected chi connectivity index (χ0v) is 12.5. The summed E-state index contributed by atoms with van der Waals surface area (Å²) >= 11 is 0. The zero-order valence-electron chi connectivity index (χ0n) is 12.5. The highest BCUT2D eigenvalue weighted by atomic mass is 16.5. The number of hydrogen-bond acceptors (Lipinski definition) is 3. The lowest BCUT2D eigenvalue weighted by Crippen LogP contribution is -2.16. The molecule has 110 valence electrons. The Morgan fingerprint density at radius 2 is 2.00 bits per heavy atom. The topological polar surface area (TPSA) is 47.6 Å². The van der Waals surface area contributed by atoms with Crippen LogP contribution in [0.2, 0.25) is 0 Å². The molecule has 21 heavy (non-hydrogen) atoms. The maximum Gasteiger partial charge on any atom is 0.255 e. The minimum absolute atomic E-state index is 0.188. The third kappa shape index (κ3) is 3.54. The maximum atomic E-state index is 12.5. The molecule has 0 unspecified atom stereocenters. The van der Waals surface area contributed by atoms with Crippen molar-refractivity contribution in [1.82, 2.24) is 0 Å². The van der Waals surface area contributed by atoms with Crippen LogP contribution >= 0.6 is 0 Å². The van der Waals surface area contributed by atoms with Gasteiger partial charge in [0.15, 0.2) is 0 Å². The molecular weight excluding hydrogens is 266 g/mol. The molecule has 0 aliphatic heterocycles. The molecule has 1 aromatic carbocycles. The number of amides is 1. The van der Waals surface area contributed by atoms with E-state index in [2.05, 4.69) is 5.32 Å². The van der Waals surface area contributed by atoms with Gasteiger partial charge in [0.05, 0.1) is 25.5 Å². The van der Waals surface area contributed by atoms with E-state index < -0.39 is 0 Å². The van der Waals surface area contributed by atoms with Crippen LogP contribution in [-0.4, -0.2) is 20.1 Å². The van der Waals surface area contributed by atoms with Crippen LogP contribution < -0.4 is 10.1 Å². The van der Waals surface area contributed by atoms with Crippen molar-refractivity contribution < 1.29 is 14.3 Å². The first-order valence-corrected chi connectivity index (χ1v) is 6.72. The molecule has 0 aromatic heterocycles. The molecule has 4 heteroatoms. The standard InChI is InChI=1S/C17H19NO3/c1-12-9-10-16(21-3)14(11-12)18-17(19)13-7-5-4-6-8-15(13)20-2/h4-6,8-11H,7H2,1-3H3,(H,18,19). The van der Waals surface area contributed by atoms with Crippen molar-refractivity contribution >= 4 is 11.6 Å². The molecule has 1 N–H and O–H groups in total. The van der Waals surface area contributed by atoms with Crippen LogP contribution in [0.25, 0.3) is 0 Å². The number of allylic oxidation sites excluding steroid dienone is 4. The van der Waals surface area contributed by atoms with Crippen LogP contribution in [0, 0.1) is 6.92 Å². The summed E-state index contributed by atoms with van der Waals surface area (Å²) in [5, 5.41) is 2.89. The summed E-state index contributed by atoms with van der Waals surface area (Å²) in [6.07, 6.45) is 7.98. The van der Waals surface area contributed by atoms with Crippen LogP contribution in [0.3, 0.4) is 0 Å². The zero-order chi connectivity index (χ0) is 15.2. The van der Waals surface area contributed by atoms with E-state index in [1.165, 1.54) is 0 Å². The van der Waals surface area contributed by atoms with E-state index in [0.717, 1.165) is 5.56 Å².